The third-order valence-corrected chi connectivity index (χ3v) is 17.5. The van der Waals surface area contributed by atoms with Crippen molar-refractivity contribution in [3.05, 3.63) is 339 Å². The number of fused-ring (bicyclic) bond motifs is 14. The molecule has 0 amide bonds. The topological polar surface area (TPSA) is 55.1 Å². The van der Waals surface area contributed by atoms with Gasteiger partial charge in [-0.05, 0) is 174 Å². The van der Waals surface area contributed by atoms with Gasteiger partial charge in [-0.25, -0.2) is 4.98 Å². The van der Waals surface area contributed by atoms with Gasteiger partial charge in [-0.2, -0.15) is 0 Å². The number of benzene rings is 11. The van der Waals surface area contributed by atoms with E-state index >= 15 is 0 Å². The first-order valence-electron chi connectivity index (χ1n) is 30.6. The van der Waals surface area contributed by atoms with E-state index in [4.69, 9.17) is 4.42 Å². The van der Waals surface area contributed by atoms with Crippen molar-refractivity contribution in [3.63, 3.8) is 0 Å². The molecule has 1 radical (unpaired) electrons. The summed E-state index contributed by atoms with van der Waals surface area (Å²) in [5.74, 6) is 0. The van der Waals surface area contributed by atoms with Crippen molar-refractivity contribution < 1.29 is 24.5 Å². The van der Waals surface area contributed by atoms with Crippen molar-refractivity contribution >= 4 is 39.1 Å². The fraction of sp³-hybridized carbons (Fsp3) is 0.0471. The van der Waals surface area contributed by atoms with Crippen LogP contribution in [0.25, 0.3) is 122 Å². The van der Waals surface area contributed by atoms with Crippen molar-refractivity contribution in [2.45, 2.75) is 26.2 Å². The van der Waals surface area contributed by atoms with Crippen molar-refractivity contribution in [1.29, 1.82) is 0 Å². The Bertz CT molecular complexity index is 5040. The zero-order valence-electron chi connectivity index (χ0n) is 50.5. The van der Waals surface area contributed by atoms with Crippen molar-refractivity contribution in [2.24, 2.45) is 0 Å². The zero-order valence-corrected chi connectivity index (χ0v) is 52.9. The molecule has 0 saturated carbocycles. The van der Waals surface area contributed by atoms with Crippen LogP contribution in [0.2, 0.25) is 0 Å². The molecule has 2 aliphatic rings. The van der Waals surface area contributed by atoms with E-state index in [1.165, 1.54) is 89.0 Å². The van der Waals surface area contributed by atoms with Crippen LogP contribution in [0.3, 0.4) is 0 Å². The fourth-order valence-electron chi connectivity index (χ4n) is 13.0. The molecule has 4 aromatic heterocycles. The molecular weight excluding hydrogens is 1290 g/mol. The molecule has 0 fully saturated rings. The first kappa shape index (κ1) is 57.8. The average Bonchev–Trinajstić information content (AvgIpc) is 1.81. The molecule has 0 spiro atoms. The molecule has 437 valence electrons. The maximum absolute atomic E-state index is 5.94. The van der Waals surface area contributed by atoms with Crippen LogP contribution in [-0.2, 0) is 25.5 Å². The number of aromatic nitrogens is 3. The van der Waals surface area contributed by atoms with Gasteiger partial charge in [0.25, 0.3) is 0 Å². The van der Waals surface area contributed by atoms with Crippen LogP contribution in [-0.4, -0.2) is 15.0 Å². The van der Waals surface area contributed by atoms with Crippen molar-refractivity contribution in [2.75, 3.05) is 4.90 Å². The maximum Gasteiger partial charge on any atom is 0.216 e. The van der Waals surface area contributed by atoms with E-state index in [1.807, 2.05) is 91.9 Å². The summed E-state index contributed by atoms with van der Waals surface area (Å²) in [6.45, 7) is 6.67. The molecule has 91 heavy (non-hydrogen) atoms. The normalized spacial score (nSPS) is 11.9. The molecule has 0 saturated heterocycles. The van der Waals surface area contributed by atoms with Gasteiger partial charge in [0.05, 0.1) is 5.58 Å². The van der Waals surface area contributed by atoms with Crippen LogP contribution in [0.15, 0.2) is 314 Å². The summed E-state index contributed by atoms with van der Waals surface area (Å²) in [6.07, 6.45) is 3.56. The van der Waals surface area contributed by atoms with Gasteiger partial charge >= 0.3 is 0 Å². The van der Waals surface area contributed by atoms with Crippen LogP contribution in [0.1, 0.15) is 30.7 Å². The second-order valence-corrected chi connectivity index (χ2v) is 23.3. The Morgan fingerprint density at radius 1 is 0.363 bits per heavy atom. The van der Waals surface area contributed by atoms with E-state index in [9.17, 15) is 0 Å². The van der Waals surface area contributed by atoms with E-state index in [0.29, 0.717) is 5.71 Å². The molecule has 11 aromatic carbocycles. The maximum atomic E-state index is 5.94. The Morgan fingerprint density at radius 2 is 0.857 bits per heavy atom. The Kier molecular flexibility index (Phi) is 15.9. The summed E-state index contributed by atoms with van der Waals surface area (Å²) in [7, 11) is 0. The number of hydrogen-bond acceptors (Lipinski definition) is 5. The smallest absolute Gasteiger partial charge is 0.216 e. The average molecular weight is 1350 g/mol. The summed E-state index contributed by atoms with van der Waals surface area (Å²) < 4.78 is 5.94. The Labute approximate surface area is 545 Å². The van der Waals surface area contributed by atoms with Gasteiger partial charge in [-0.1, -0.05) is 219 Å². The van der Waals surface area contributed by atoms with E-state index in [1.54, 1.807) is 12.4 Å². The number of aryl methyl sites for hydroxylation is 1. The monoisotopic (exact) mass is 1350 g/mol. The molecule has 6 heteroatoms. The minimum atomic E-state index is -0.0970. The van der Waals surface area contributed by atoms with Crippen LogP contribution in [0.4, 0.5) is 17.1 Å². The van der Waals surface area contributed by atoms with Crippen LogP contribution >= 0.6 is 0 Å². The Balaban J connectivity index is 0.000000177. The number of furan rings is 1. The molecule has 0 bridgehead atoms. The number of pyridine rings is 3. The van der Waals surface area contributed by atoms with Gasteiger partial charge in [-0.15, -0.1) is 54.1 Å². The summed E-state index contributed by atoms with van der Waals surface area (Å²) in [5, 5.41) is 2.07. The predicted octanol–water partition coefficient (Wildman–Crippen LogP) is 22.5. The van der Waals surface area contributed by atoms with Crippen LogP contribution in [0.5, 0.6) is 0 Å². The van der Waals surface area contributed by atoms with Gasteiger partial charge in [0.2, 0.25) is 5.71 Å². The minimum Gasteiger partial charge on any atom is -0.486 e. The fourth-order valence-corrected chi connectivity index (χ4v) is 13.0. The number of hydrogen-bond donors (Lipinski definition) is 0. The van der Waals surface area contributed by atoms with Gasteiger partial charge in [0.1, 0.15) is 0 Å². The summed E-state index contributed by atoms with van der Waals surface area (Å²) in [6, 6.07) is 112. The molecule has 17 rings (SSSR count). The second-order valence-electron chi connectivity index (χ2n) is 23.3. The molecule has 0 N–H and O–H groups in total. The molecular formula is C85H60IrN4O-2. The molecule has 0 atom stereocenters. The Morgan fingerprint density at radius 3 is 1.46 bits per heavy atom. The largest absolute Gasteiger partial charge is 0.486 e. The first-order valence-corrected chi connectivity index (χ1v) is 30.6. The molecule has 15 aromatic rings. The van der Waals surface area contributed by atoms with Crippen LogP contribution in [0, 0.1) is 19.1 Å². The quantitative estimate of drug-likeness (QED) is 0.149. The molecule has 4 heterocycles. The second kappa shape index (κ2) is 24.9. The summed E-state index contributed by atoms with van der Waals surface area (Å²) in [4.78, 5) is 15.4. The zero-order chi connectivity index (χ0) is 60.5. The number of anilines is 3. The van der Waals surface area contributed by atoms with Crippen molar-refractivity contribution in [3.8, 4) is 100 Å². The van der Waals surface area contributed by atoms with E-state index in [-0.39, 0.29) is 25.5 Å². The molecule has 2 aliphatic carbocycles. The van der Waals surface area contributed by atoms with Crippen molar-refractivity contribution in [1.82, 2.24) is 15.0 Å². The summed E-state index contributed by atoms with van der Waals surface area (Å²) >= 11 is 0. The van der Waals surface area contributed by atoms with Gasteiger partial charge in [0, 0.05) is 66.1 Å². The third kappa shape index (κ3) is 11.1. The Hall–Kier alpha value is -10.9. The van der Waals surface area contributed by atoms with Gasteiger partial charge in [-0.3, -0.25) is 0 Å². The van der Waals surface area contributed by atoms with Gasteiger partial charge in [0.15, 0.2) is 0 Å². The number of rotatable bonds is 7. The molecule has 0 unspecified atom stereocenters. The summed E-state index contributed by atoms with van der Waals surface area (Å²) in [5.41, 5.74) is 29.7. The third-order valence-electron chi connectivity index (χ3n) is 17.5. The number of nitrogens with zero attached hydrogens (tertiary/aromatic N) is 4. The molecule has 5 nitrogen and oxygen atoms in total. The van der Waals surface area contributed by atoms with E-state index in [2.05, 4.69) is 258 Å². The van der Waals surface area contributed by atoms with Crippen LogP contribution < -0.4 is 4.90 Å². The minimum absolute atomic E-state index is 0. The van der Waals surface area contributed by atoms with Gasteiger partial charge < -0.3 is 19.3 Å². The van der Waals surface area contributed by atoms with E-state index in [0.717, 1.165) is 61.6 Å². The van der Waals surface area contributed by atoms with E-state index < -0.39 is 0 Å². The predicted molar refractivity (Wildman–Crippen MR) is 372 cm³/mol. The standard InChI is InChI=1S/C57H41N.C17H11N2O.C11H8N.Ir/c1-57(2)55-23-13-12-22-52(55)53-35-33-44(37-56(53)57)58(42-29-24-39(25-30-42)38-14-4-3-5-15-38)43-31-26-40(27-32-43)41-28-34-51-49-20-9-8-18-47(49)45-16-6-7-17-46(45)48-19-10-11-21-50(48)54(51)36-41;1-11-8-9-13-12-5-4-6-14(15-7-2-3-10-18-15)16(12)20-17(13)19-11;1-2-6-10(7-3-1)11-8-4-5-9-12-11;/h3-37H,1-2H3;2-5,7-10H,1H3;1-6,8-9H;/q;2*-1;. The SMILES string of the molecule is CC1(C)c2ccccc2-c2ccc(N(c3ccc(-c4ccccc4)cc3)c3ccc(-c4ccc5c(c4)-c4ccccc4-c4ccccc4-c4ccccc4-5)cc3)cc21.Cc1ccc2c(n1)oc1c(-c3ccccn3)[c-]ccc12.[Ir].[c-]1ccccc1-c1ccccn1. The molecule has 0 aliphatic heterocycles. The first-order chi connectivity index (χ1) is 44.3.